The standard InChI is InChI=1S/C19H23NO2/c1-20-11-12-21-15-18(20)13-16-7-9-19(10-8-16)22-14-17-5-3-2-4-6-17/h2-10,18H,11-15H2,1H3. The summed E-state index contributed by atoms with van der Waals surface area (Å²) in [4.78, 5) is 2.38. The monoisotopic (exact) mass is 297 g/mol. The predicted octanol–water partition coefficient (Wildman–Crippen LogP) is 3.14. The van der Waals surface area contributed by atoms with Crippen LogP contribution in [0.2, 0.25) is 0 Å². The van der Waals surface area contributed by atoms with Gasteiger partial charge in [-0.2, -0.15) is 0 Å². The zero-order chi connectivity index (χ0) is 15.2. The topological polar surface area (TPSA) is 21.7 Å². The highest BCUT2D eigenvalue weighted by Gasteiger charge is 2.19. The van der Waals surface area contributed by atoms with Gasteiger partial charge < -0.3 is 9.47 Å². The fourth-order valence-electron chi connectivity index (χ4n) is 2.69. The Kier molecular flexibility index (Phi) is 5.09. The normalized spacial score (nSPS) is 19.0. The fourth-order valence-corrected chi connectivity index (χ4v) is 2.69. The third-order valence-corrected chi connectivity index (χ3v) is 4.16. The van der Waals surface area contributed by atoms with Gasteiger partial charge in [0.15, 0.2) is 0 Å². The van der Waals surface area contributed by atoms with Crippen molar-refractivity contribution in [3.63, 3.8) is 0 Å². The van der Waals surface area contributed by atoms with Crippen LogP contribution in [0.5, 0.6) is 5.75 Å². The van der Waals surface area contributed by atoms with E-state index in [1.807, 2.05) is 18.2 Å². The molecule has 1 fully saturated rings. The highest BCUT2D eigenvalue weighted by Crippen LogP contribution is 2.17. The molecular formula is C19H23NO2. The molecule has 2 aromatic rings. The molecule has 1 saturated heterocycles. The Morgan fingerprint density at radius 1 is 1.05 bits per heavy atom. The minimum atomic E-state index is 0.477. The summed E-state index contributed by atoms with van der Waals surface area (Å²) < 4.78 is 11.4. The lowest BCUT2D eigenvalue weighted by atomic mass is 10.0. The molecule has 1 heterocycles. The molecule has 0 radical (unpaired) electrons. The van der Waals surface area contributed by atoms with Gasteiger partial charge in [-0.15, -0.1) is 0 Å². The second-order valence-corrected chi connectivity index (χ2v) is 5.83. The van der Waals surface area contributed by atoms with Gasteiger partial charge in [0, 0.05) is 12.6 Å². The summed E-state index contributed by atoms with van der Waals surface area (Å²) in [6.45, 7) is 3.30. The molecule has 116 valence electrons. The van der Waals surface area contributed by atoms with Gasteiger partial charge in [-0.1, -0.05) is 42.5 Å². The van der Waals surface area contributed by atoms with Crippen molar-refractivity contribution in [3.8, 4) is 5.75 Å². The molecule has 3 nitrogen and oxygen atoms in total. The highest BCUT2D eigenvalue weighted by atomic mass is 16.5. The van der Waals surface area contributed by atoms with E-state index in [0.717, 1.165) is 31.9 Å². The maximum atomic E-state index is 5.82. The van der Waals surface area contributed by atoms with Crippen LogP contribution in [0.1, 0.15) is 11.1 Å². The van der Waals surface area contributed by atoms with E-state index in [4.69, 9.17) is 9.47 Å². The number of rotatable bonds is 5. The molecule has 1 aliphatic rings. The first kappa shape index (κ1) is 15.1. The Bertz CT molecular complexity index is 568. The second-order valence-electron chi connectivity index (χ2n) is 5.83. The molecule has 0 aromatic heterocycles. The Morgan fingerprint density at radius 2 is 1.82 bits per heavy atom. The molecule has 1 aliphatic heterocycles. The Hall–Kier alpha value is -1.84. The summed E-state index contributed by atoms with van der Waals surface area (Å²) in [5.41, 5.74) is 2.52. The maximum absolute atomic E-state index is 5.82. The van der Waals surface area contributed by atoms with E-state index >= 15 is 0 Å². The summed E-state index contributed by atoms with van der Waals surface area (Å²) in [7, 11) is 2.17. The van der Waals surface area contributed by atoms with Gasteiger partial charge >= 0.3 is 0 Å². The summed E-state index contributed by atoms with van der Waals surface area (Å²) >= 11 is 0. The molecule has 3 heteroatoms. The van der Waals surface area contributed by atoms with Crippen LogP contribution in [0.25, 0.3) is 0 Å². The average molecular weight is 297 g/mol. The van der Waals surface area contributed by atoms with Crippen LogP contribution in [0.15, 0.2) is 54.6 Å². The van der Waals surface area contributed by atoms with E-state index in [1.54, 1.807) is 0 Å². The van der Waals surface area contributed by atoms with Gasteiger partial charge in [0.05, 0.1) is 13.2 Å². The average Bonchev–Trinajstić information content (AvgIpc) is 2.57. The van der Waals surface area contributed by atoms with Crippen molar-refractivity contribution < 1.29 is 9.47 Å². The Labute approximate surface area is 132 Å². The van der Waals surface area contributed by atoms with Crippen LogP contribution < -0.4 is 4.74 Å². The van der Waals surface area contributed by atoms with Crippen molar-refractivity contribution in [3.05, 3.63) is 65.7 Å². The zero-order valence-electron chi connectivity index (χ0n) is 13.1. The summed E-state index contributed by atoms with van der Waals surface area (Å²) in [6, 6.07) is 19.1. The second kappa shape index (κ2) is 7.43. The zero-order valence-corrected chi connectivity index (χ0v) is 13.1. The first-order valence-corrected chi connectivity index (χ1v) is 7.85. The summed E-state index contributed by atoms with van der Waals surface area (Å²) in [5.74, 6) is 0.917. The van der Waals surface area contributed by atoms with E-state index in [1.165, 1.54) is 11.1 Å². The molecule has 0 saturated carbocycles. The molecular weight excluding hydrogens is 274 g/mol. The first-order valence-electron chi connectivity index (χ1n) is 7.85. The summed E-state index contributed by atoms with van der Waals surface area (Å²) in [5, 5.41) is 0. The smallest absolute Gasteiger partial charge is 0.119 e. The SMILES string of the molecule is CN1CCOCC1Cc1ccc(OCc2ccccc2)cc1. The van der Waals surface area contributed by atoms with Gasteiger partial charge in [0.1, 0.15) is 12.4 Å². The fraction of sp³-hybridized carbons (Fsp3) is 0.368. The van der Waals surface area contributed by atoms with Crippen LogP contribution in [-0.4, -0.2) is 37.7 Å². The van der Waals surface area contributed by atoms with E-state index in [0.29, 0.717) is 12.6 Å². The van der Waals surface area contributed by atoms with Gasteiger partial charge in [-0.25, -0.2) is 0 Å². The number of morpholine rings is 1. The van der Waals surface area contributed by atoms with E-state index in [2.05, 4.69) is 48.3 Å². The molecule has 0 aliphatic carbocycles. The minimum absolute atomic E-state index is 0.477. The van der Waals surface area contributed by atoms with Crippen LogP contribution in [0, 0.1) is 0 Å². The lowest BCUT2D eigenvalue weighted by molar-refractivity contribution is 0.00624. The lowest BCUT2D eigenvalue weighted by Gasteiger charge is -2.32. The number of nitrogens with zero attached hydrogens (tertiary/aromatic N) is 1. The largest absolute Gasteiger partial charge is 0.489 e. The molecule has 1 unspecified atom stereocenters. The first-order chi connectivity index (χ1) is 10.8. The molecule has 22 heavy (non-hydrogen) atoms. The number of hydrogen-bond acceptors (Lipinski definition) is 3. The number of benzene rings is 2. The van der Waals surface area contributed by atoms with Crippen LogP contribution in [0.3, 0.4) is 0 Å². The number of likely N-dealkylation sites (N-methyl/N-ethyl adjacent to an activating group) is 1. The molecule has 0 N–H and O–H groups in total. The third-order valence-electron chi connectivity index (χ3n) is 4.16. The van der Waals surface area contributed by atoms with Crippen molar-refractivity contribution in [1.82, 2.24) is 4.90 Å². The van der Waals surface area contributed by atoms with Crippen molar-refractivity contribution >= 4 is 0 Å². The van der Waals surface area contributed by atoms with Crippen LogP contribution >= 0.6 is 0 Å². The van der Waals surface area contributed by atoms with Gasteiger partial charge in [0.2, 0.25) is 0 Å². The van der Waals surface area contributed by atoms with E-state index in [9.17, 15) is 0 Å². The number of ether oxygens (including phenoxy) is 2. The van der Waals surface area contributed by atoms with Crippen LogP contribution in [0.4, 0.5) is 0 Å². The van der Waals surface area contributed by atoms with Crippen molar-refractivity contribution in [1.29, 1.82) is 0 Å². The Morgan fingerprint density at radius 3 is 2.55 bits per heavy atom. The summed E-state index contributed by atoms with van der Waals surface area (Å²) in [6.07, 6.45) is 1.02. The van der Waals surface area contributed by atoms with Crippen molar-refractivity contribution in [2.45, 2.75) is 19.1 Å². The molecule has 0 spiro atoms. The predicted molar refractivity (Wildman–Crippen MR) is 88.2 cm³/mol. The third kappa shape index (κ3) is 4.09. The lowest BCUT2D eigenvalue weighted by Crippen LogP contribution is -2.43. The molecule has 0 bridgehead atoms. The molecule has 1 atom stereocenters. The van der Waals surface area contributed by atoms with Gasteiger partial charge in [0.25, 0.3) is 0 Å². The van der Waals surface area contributed by atoms with Crippen molar-refractivity contribution in [2.24, 2.45) is 0 Å². The highest BCUT2D eigenvalue weighted by molar-refractivity contribution is 5.28. The van der Waals surface area contributed by atoms with Crippen molar-refractivity contribution in [2.75, 3.05) is 26.8 Å². The number of hydrogen-bond donors (Lipinski definition) is 0. The molecule has 2 aromatic carbocycles. The molecule has 0 amide bonds. The molecule has 3 rings (SSSR count). The Balaban J connectivity index is 1.53. The van der Waals surface area contributed by atoms with Crippen LogP contribution in [-0.2, 0) is 17.8 Å². The van der Waals surface area contributed by atoms with E-state index < -0.39 is 0 Å². The maximum Gasteiger partial charge on any atom is 0.119 e. The quantitative estimate of drug-likeness (QED) is 0.846. The van der Waals surface area contributed by atoms with E-state index in [-0.39, 0.29) is 0 Å². The van der Waals surface area contributed by atoms with Gasteiger partial charge in [-0.3, -0.25) is 4.90 Å². The minimum Gasteiger partial charge on any atom is -0.489 e. The van der Waals surface area contributed by atoms with Gasteiger partial charge in [-0.05, 0) is 36.7 Å².